The van der Waals surface area contributed by atoms with E-state index in [1.807, 2.05) is 30.3 Å². The van der Waals surface area contributed by atoms with E-state index in [-0.39, 0.29) is 25.4 Å². The van der Waals surface area contributed by atoms with E-state index in [0.717, 1.165) is 5.56 Å². The third-order valence-electron chi connectivity index (χ3n) is 4.85. The Morgan fingerprint density at radius 2 is 2.11 bits per heavy atom. The van der Waals surface area contributed by atoms with Crippen LogP contribution in [0.25, 0.3) is 0 Å². The minimum Gasteiger partial charge on any atom is -0.394 e. The summed E-state index contributed by atoms with van der Waals surface area (Å²) in [5.41, 5.74) is 6.24. The molecule has 1 fully saturated rings. The van der Waals surface area contributed by atoms with Gasteiger partial charge in [0.25, 0.3) is 5.56 Å². The molecule has 2 aromatic rings. The van der Waals surface area contributed by atoms with Crippen LogP contribution in [0.15, 0.2) is 46.1 Å². The van der Waals surface area contributed by atoms with Crippen molar-refractivity contribution >= 4 is 5.91 Å². The number of nitrogens with one attached hydrogen (secondary N) is 2. The molecule has 28 heavy (non-hydrogen) atoms. The van der Waals surface area contributed by atoms with E-state index >= 15 is 0 Å². The zero-order valence-electron chi connectivity index (χ0n) is 15.5. The molecule has 1 saturated heterocycles. The Bertz CT molecular complexity index is 939. The normalized spacial score (nSPS) is 22.8. The van der Waals surface area contributed by atoms with Gasteiger partial charge in [-0.1, -0.05) is 30.3 Å². The number of aliphatic hydroxyl groups is 1. The Morgan fingerprint density at radius 1 is 1.39 bits per heavy atom. The summed E-state index contributed by atoms with van der Waals surface area (Å²) >= 11 is 0. The lowest BCUT2D eigenvalue weighted by atomic mass is 10.0. The maximum atomic E-state index is 12.4. The van der Waals surface area contributed by atoms with Crippen LogP contribution in [0.4, 0.5) is 0 Å². The lowest BCUT2D eigenvalue weighted by Gasteiger charge is -2.19. The molecule has 0 radical (unpaired) electrons. The molecule has 5 N–H and O–H groups in total. The number of ether oxygens (including phenoxy) is 1. The molecule has 9 heteroatoms. The number of aromatic amines is 1. The van der Waals surface area contributed by atoms with Crippen molar-refractivity contribution in [1.82, 2.24) is 14.9 Å². The van der Waals surface area contributed by atoms with E-state index < -0.39 is 35.7 Å². The first-order chi connectivity index (χ1) is 13.4. The first-order valence-corrected chi connectivity index (χ1v) is 9.07. The predicted octanol–water partition coefficient (Wildman–Crippen LogP) is -0.300. The lowest BCUT2D eigenvalue weighted by Crippen LogP contribution is -2.42. The van der Waals surface area contributed by atoms with Crippen LogP contribution in [0.3, 0.4) is 0 Å². The van der Waals surface area contributed by atoms with Crippen molar-refractivity contribution in [3.05, 3.63) is 68.5 Å². The van der Waals surface area contributed by atoms with Gasteiger partial charge in [0.15, 0.2) is 0 Å². The second kappa shape index (κ2) is 8.51. The highest BCUT2D eigenvalue weighted by molar-refractivity contribution is 5.77. The van der Waals surface area contributed by atoms with Crippen LogP contribution in [0.5, 0.6) is 0 Å². The molecule has 9 nitrogen and oxygen atoms in total. The highest BCUT2D eigenvalue weighted by atomic mass is 16.5. The highest BCUT2D eigenvalue weighted by Gasteiger charge is 2.37. The molecule has 0 bridgehead atoms. The van der Waals surface area contributed by atoms with E-state index in [0.29, 0.717) is 5.56 Å². The minimum atomic E-state index is -0.701. The molecule has 2 heterocycles. The number of nitrogens with two attached hydrogens (primary N) is 1. The first-order valence-electron chi connectivity index (χ1n) is 9.07. The third-order valence-corrected chi connectivity index (χ3v) is 4.85. The van der Waals surface area contributed by atoms with Crippen LogP contribution >= 0.6 is 0 Å². The minimum absolute atomic E-state index is 0.0844. The molecular weight excluding hydrogens is 364 g/mol. The second-order valence-corrected chi connectivity index (χ2v) is 6.92. The number of H-pyrrole nitrogens is 1. The van der Waals surface area contributed by atoms with Crippen LogP contribution in [0.2, 0.25) is 0 Å². The maximum absolute atomic E-state index is 12.4. The van der Waals surface area contributed by atoms with Gasteiger partial charge in [0, 0.05) is 30.6 Å². The topological polar surface area (TPSA) is 139 Å². The summed E-state index contributed by atoms with van der Waals surface area (Å²) in [7, 11) is 0. The van der Waals surface area contributed by atoms with Crippen LogP contribution in [-0.2, 0) is 9.53 Å². The van der Waals surface area contributed by atoms with E-state index in [1.54, 1.807) is 6.92 Å². The third kappa shape index (κ3) is 4.38. The van der Waals surface area contributed by atoms with Crippen molar-refractivity contribution in [1.29, 1.82) is 0 Å². The van der Waals surface area contributed by atoms with Gasteiger partial charge in [0.1, 0.15) is 12.3 Å². The molecule has 0 spiro atoms. The number of benzene rings is 1. The van der Waals surface area contributed by atoms with Crippen molar-refractivity contribution in [2.75, 3.05) is 6.61 Å². The monoisotopic (exact) mass is 388 g/mol. The van der Waals surface area contributed by atoms with Crippen LogP contribution < -0.4 is 22.3 Å². The molecule has 1 aliphatic heterocycles. The number of nitrogens with zero attached hydrogens (tertiary/aromatic N) is 1. The number of carbonyl (C=O) groups excluding carboxylic acids is 1. The largest absolute Gasteiger partial charge is 0.394 e. The molecule has 1 aliphatic rings. The number of aryl methyl sites for hydroxylation is 1. The highest BCUT2D eigenvalue weighted by Crippen LogP contribution is 2.28. The average molecular weight is 388 g/mol. The molecule has 0 aliphatic carbocycles. The van der Waals surface area contributed by atoms with Crippen molar-refractivity contribution in [2.24, 2.45) is 5.73 Å². The summed E-state index contributed by atoms with van der Waals surface area (Å²) in [5, 5.41) is 12.4. The average Bonchev–Trinajstić information content (AvgIpc) is 3.07. The fourth-order valence-electron chi connectivity index (χ4n) is 3.31. The Kier molecular flexibility index (Phi) is 6.08. The van der Waals surface area contributed by atoms with Crippen molar-refractivity contribution in [3.8, 4) is 0 Å². The van der Waals surface area contributed by atoms with Crippen molar-refractivity contribution < 1.29 is 14.6 Å². The van der Waals surface area contributed by atoms with E-state index in [9.17, 15) is 19.5 Å². The molecule has 1 aromatic heterocycles. The summed E-state index contributed by atoms with van der Waals surface area (Å²) in [4.78, 5) is 38.2. The molecule has 4 atom stereocenters. The van der Waals surface area contributed by atoms with Gasteiger partial charge >= 0.3 is 5.69 Å². The van der Waals surface area contributed by atoms with Gasteiger partial charge in [-0.25, -0.2) is 4.79 Å². The molecule has 1 amide bonds. The van der Waals surface area contributed by atoms with Gasteiger partial charge in [-0.15, -0.1) is 0 Å². The number of hydrogen-bond donors (Lipinski definition) is 4. The zero-order valence-corrected chi connectivity index (χ0v) is 15.5. The summed E-state index contributed by atoms with van der Waals surface area (Å²) in [5.74, 6) is -0.269. The molecular formula is C19H24N4O5. The maximum Gasteiger partial charge on any atom is 0.330 e. The van der Waals surface area contributed by atoms with Crippen LogP contribution in [0.1, 0.15) is 36.2 Å². The molecule has 3 rings (SSSR count). The van der Waals surface area contributed by atoms with Gasteiger partial charge < -0.3 is 20.9 Å². The van der Waals surface area contributed by atoms with Gasteiger partial charge in [-0.05, 0) is 12.5 Å². The number of aliphatic hydroxyl groups excluding tert-OH is 1. The SMILES string of the molecule is Cc1cn([C@H]2C[C@H](NC(=O)CC(N)c3ccccc3)[C@@H](CO)O2)c(=O)[nH]c1=O. The van der Waals surface area contributed by atoms with Gasteiger partial charge in [-0.2, -0.15) is 0 Å². The lowest BCUT2D eigenvalue weighted by molar-refractivity contribution is -0.122. The molecule has 1 unspecified atom stereocenters. The fourth-order valence-corrected chi connectivity index (χ4v) is 3.31. The Labute approximate surface area is 161 Å². The zero-order chi connectivity index (χ0) is 20.3. The predicted molar refractivity (Wildman–Crippen MR) is 102 cm³/mol. The standard InChI is InChI=1S/C19H24N4O5/c1-11-9-23(19(27)22-18(11)26)17-8-14(15(10-24)28-17)21-16(25)7-13(20)12-5-3-2-4-6-12/h2-6,9,13-15,17,24H,7-8,10,20H2,1H3,(H,21,25)(H,22,26,27)/t13?,14-,15+,17+/m0/s1. The van der Waals surface area contributed by atoms with E-state index in [2.05, 4.69) is 10.3 Å². The number of hydrogen-bond acceptors (Lipinski definition) is 6. The van der Waals surface area contributed by atoms with Crippen molar-refractivity contribution in [2.45, 2.75) is 44.2 Å². The smallest absolute Gasteiger partial charge is 0.330 e. The summed E-state index contributed by atoms with van der Waals surface area (Å²) in [6.45, 7) is 1.26. The Balaban J connectivity index is 1.67. The Hall–Kier alpha value is -2.75. The number of carbonyl (C=O) groups is 1. The summed E-state index contributed by atoms with van der Waals surface area (Å²) < 4.78 is 6.99. The summed E-state index contributed by atoms with van der Waals surface area (Å²) in [6.07, 6.45) is 0.411. The number of amides is 1. The quantitative estimate of drug-likeness (QED) is 0.536. The summed E-state index contributed by atoms with van der Waals surface area (Å²) in [6, 6.07) is 8.37. The van der Waals surface area contributed by atoms with Gasteiger partial charge in [0.2, 0.25) is 5.91 Å². The Morgan fingerprint density at radius 3 is 2.79 bits per heavy atom. The second-order valence-electron chi connectivity index (χ2n) is 6.92. The molecule has 1 aromatic carbocycles. The van der Waals surface area contributed by atoms with Gasteiger partial charge in [0.05, 0.1) is 12.6 Å². The van der Waals surface area contributed by atoms with E-state index in [4.69, 9.17) is 10.5 Å². The van der Waals surface area contributed by atoms with Crippen molar-refractivity contribution in [3.63, 3.8) is 0 Å². The number of aromatic nitrogens is 2. The van der Waals surface area contributed by atoms with Crippen LogP contribution in [-0.4, -0.2) is 39.3 Å². The van der Waals surface area contributed by atoms with Gasteiger partial charge in [-0.3, -0.25) is 19.1 Å². The number of rotatable bonds is 6. The van der Waals surface area contributed by atoms with Crippen LogP contribution in [0, 0.1) is 6.92 Å². The fraction of sp³-hybridized carbons (Fsp3) is 0.421. The molecule has 0 saturated carbocycles. The van der Waals surface area contributed by atoms with E-state index in [1.165, 1.54) is 10.8 Å². The molecule has 150 valence electrons. The first kappa shape index (κ1) is 20.0.